The Morgan fingerprint density at radius 3 is 2.13 bits per heavy atom. The van der Waals surface area contributed by atoms with Gasteiger partial charge in [0.2, 0.25) is 0 Å². The van der Waals surface area contributed by atoms with Crippen molar-refractivity contribution in [2.75, 3.05) is 0 Å². The Morgan fingerprint density at radius 2 is 1.43 bits per heavy atom. The fourth-order valence-corrected chi connectivity index (χ4v) is 6.48. The first kappa shape index (κ1) is 20.8. The molecule has 0 aliphatic carbocycles. The average Bonchev–Trinajstić information content (AvgIpc) is 3.15. The van der Waals surface area contributed by atoms with Crippen molar-refractivity contribution in [1.82, 2.24) is 8.69 Å². The minimum Gasteiger partial charge on any atom is -0.221 e. The van der Waals surface area contributed by atoms with Gasteiger partial charge in [-0.25, -0.2) is 25.5 Å². The maximum atomic E-state index is 13.4. The summed E-state index contributed by atoms with van der Waals surface area (Å²) in [7, 11) is -8.26. The van der Waals surface area contributed by atoms with Gasteiger partial charge in [-0.05, 0) is 42.0 Å². The molecule has 0 unspecified atom stereocenters. The summed E-state index contributed by atoms with van der Waals surface area (Å²) in [6.45, 7) is 0.0303. The van der Waals surface area contributed by atoms with Crippen LogP contribution in [0.5, 0.6) is 0 Å². The number of nitrogens with zero attached hydrogens (tertiary/aromatic N) is 1. The van der Waals surface area contributed by atoms with Gasteiger partial charge in [-0.1, -0.05) is 64.5 Å². The monoisotopic (exact) mass is 504 g/mol. The molecule has 1 aromatic heterocycles. The van der Waals surface area contributed by atoms with Gasteiger partial charge >= 0.3 is 0 Å². The van der Waals surface area contributed by atoms with Crippen LogP contribution in [0.4, 0.5) is 0 Å². The second kappa shape index (κ2) is 7.99. The van der Waals surface area contributed by atoms with Gasteiger partial charge in [-0.2, -0.15) is 0 Å². The molecule has 4 rings (SSSR count). The standard InChI is InChI=1S/C21H17BrN2O4S2/c22-18-12-10-16(11-13-18)15-23-29(25,26)21-14-17-6-4-5-9-20(17)24(21)30(27,28)19-7-2-1-3-8-19/h1-14,23H,15H2. The first-order valence-electron chi connectivity index (χ1n) is 8.94. The van der Waals surface area contributed by atoms with Crippen LogP contribution in [-0.2, 0) is 26.6 Å². The lowest BCUT2D eigenvalue weighted by Gasteiger charge is -2.13. The van der Waals surface area contributed by atoms with Crippen LogP contribution in [0.3, 0.4) is 0 Å². The van der Waals surface area contributed by atoms with Gasteiger partial charge in [-0.3, -0.25) is 0 Å². The van der Waals surface area contributed by atoms with Crippen LogP contribution >= 0.6 is 15.9 Å². The fourth-order valence-electron chi connectivity index (χ4n) is 3.09. The molecule has 0 fully saturated rings. The van der Waals surface area contributed by atoms with Crippen molar-refractivity contribution in [2.45, 2.75) is 16.5 Å². The van der Waals surface area contributed by atoms with Gasteiger partial charge in [0.05, 0.1) is 10.4 Å². The topological polar surface area (TPSA) is 85.2 Å². The first-order chi connectivity index (χ1) is 14.3. The van der Waals surface area contributed by atoms with Crippen molar-refractivity contribution < 1.29 is 16.8 Å². The summed E-state index contributed by atoms with van der Waals surface area (Å²) >= 11 is 3.34. The van der Waals surface area contributed by atoms with Crippen molar-refractivity contribution in [2.24, 2.45) is 0 Å². The van der Waals surface area contributed by atoms with E-state index in [1.165, 1.54) is 18.2 Å². The Hall–Kier alpha value is -2.46. The number of halogens is 1. The molecule has 1 heterocycles. The number of para-hydroxylation sites is 1. The molecule has 154 valence electrons. The van der Waals surface area contributed by atoms with E-state index in [9.17, 15) is 16.8 Å². The SMILES string of the molecule is O=S(=O)(NCc1ccc(Br)cc1)c1cc2ccccc2n1S(=O)(=O)c1ccccc1. The van der Waals surface area contributed by atoms with Crippen LogP contribution in [0.25, 0.3) is 10.9 Å². The molecular weight excluding hydrogens is 488 g/mol. The number of rotatable bonds is 6. The van der Waals surface area contributed by atoms with E-state index in [-0.39, 0.29) is 16.5 Å². The van der Waals surface area contributed by atoms with Crippen LogP contribution < -0.4 is 4.72 Å². The predicted octanol–water partition coefficient (Wildman–Crippen LogP) is 4.12. The molecule has 0 bridgehead atoms. The van der Waals surface area contributed by atoms with E-state index >= 15 is 0 Å². The Bertz CT molecular complexity index is 1410. The highest BCUT2D eigenvalue weighted by molar-refractivity contribution is 9.10. The highest BCUT2D eigenvalue weighted by atomic mass is 79.9. The second-order valence-corrected chi connectivity index (χ2v) is 11.0. The number of aromatic nitrogens is 1. The van der Waals surface area contributed by atoms with E-state index in [1.54, 1.807) is 66.7 Å². The van der Waals surface area contributed by atoms with E-state index < -0.39 is 20.0 Å². The Kier molecular flexibility index (Phi) is 5.54. The van der Waals surface area contributed by atoms with Crippen molar-refractivity contribution >= 4 is 46.9 Å². The van der Waals surface area contributed by atoms with Crippen molar-refractivity contribution in [3.05, 3.63) is 95.0 Å². The highest BCUT2D eigenvalue weighted by Gasteiger charge is 2.29. The number of nitrogens with one attached hydrogen (secondary N) is 1. The lowest BCUT2D eigenvalue weighted by atomic mass is 10.2. The summed E-state index contributed by atoms with van der Waals surface area (Å²) < 4.78 is 57.3. The molecule has 0 spiro atoms. The van der Waals surface area contributed by atoms with E-state index in [0.29, 0.717) is 10.9 Å². The Morgan fingerprint density at radius 1 is 0.800 bits per heavy atom. The normalized spacial score (nSPS) is 12.3. The molecule has 9 heteroatoms. The van der Waals surface area contributed by atoms with Crippen LogP contribution in [0.1, 0.15) is 5.56 Å². The third kappa shape index (κ3) is 3.93. The zero-order valence-electron chi connectivity index (χ0n) is 15.6. The Balaban J connectivity index is 1.83. The molecule has 3 aromatic carbocycles. The molecule has 0 saturated carbocycles. The molecule has 0 saturated heterocycles. The molecule has 4 aromatic rings. The third-order valence-electron chi connectivity index (χ3n) is 4.57. The largest absolute Gasteiger partial charge is 0.269 e. The first-order valence-corrected chi connectivity index (χ1v) is 12.7. The van der Waals surface area contributed by atoms with Gasteiger partial charge in [0, 0.05) is 16.4 Å². The van der Waals surface area contributed by atoms with Gasteiger partial charge in [0.15, 0.2) is 5.03 Å². The minimum atomic E-state index is -4.13. The van der Waals surface area contributed by atoms with Crippen molar-refractivity contribution in [3.63, 3.8) is 0 Å². The summed E-state index contributed by atoms with van der Waals surface area (Å²) in [6, 6.07) is 23.0. The van der Waals surface area contributed by atoms with Gasteiger partial charge in [0.25, 0.3) is 20.0 Å². The maximum absolute atomic E-state index is 13.4. The number of fused-ring (bicyclic) bond motifs is 1. The molecule has 6 nitrogen and oxygen atoms in total. The van der Waals surface area contributed by atoms with Gasteiger partial charge < -0.3 is 0 Å². The third-order valence-corrected chi connectivity index (χ3v) is 8.33. The lowest BCUT2D eigenvalue weighted by molar-refractivity contribution is 0.565. The number of benzene rings is 3. The number of hydrogen-bond donors (Lipinski definition) is 1. The molecule has 1 N–H and O–H groups in total. The summed E-state index contributed by atoms with van der Waals surface area (Å²) in [5, 5.41) is 0.186. The average molecular weight is 505 g/mol. The van der Waals surface area contributed by atoms with Crippen LogP contribution in [0.2, 0.25) is 0 Å². The number of sulfonamides is 1. The predicted molar refractivity (Wildman–Crippen MR) is 119 cm³/mol. The van der Waals surface area contributed by atoms with E-state index in [4.69, 9.17) is 0 Å². The summed E-state index contributed by atoms with van der Waals surface area (Å²) in [5.41, 5.74) is 1.04. The zero-order chi connectivity index (χ0) is 21.4. The molecule has 0 aliphatic rings. The lowest BCUT2D eigenvalue weighted by Crippen LogP contribution is -2.27. The second-order valence-electron chi connectivity index (χ2n) is 6.57. The molecule has 0 amide bonds. The van der Waals surface area contributed by atoms with Crippen LogP contribution in [0, 0.1) is 0 Å². The summed E-state index contributed by atoms with van der Waals surface area (Å²) in [4.78, 5) is 0.00992. The molecular formula is C21H17BrN2O4S2. The van der Waals surface area contributed by atoms with E-state index in [0.717, 1.165) is 14.0 Å². The maximum Gasteiger partial charge on any atom is 0.269 e. The molecule has 0 aliphatic heterocycles. The quantitative estimate of drug-likeness (QED) is 0.427. The van der Waals surface area contributed by atoms with E-state index in [1.807, 2.05) is 0 Å². The Labute approximate surface area is 183 Å². The van der Waals surface area contributed by atoms with Crippen molar-refractivity contribution in [3.8, 4) is 0 Å². The zero-order valence-corrected chi connectivity index (χ0v) is 18.8. The number of hydrogen-bond acceptors (Lipinski definition) is 4. The minimum absolute atomic E-state index is 0.00992. The highest BCUT2D eigenvalue weighted by Crippen LogP contribution is 2.28. The van der Waals surface area contributed by atoms with Gasteiger partial charge in [0.1, 0.15) is 0 Å². The van der Waals surface area contributed by atoms with Crippen LogP contribution in [0.15, 0.2) is 99.3 Å². The fraction of sp³-hybridized carbons (Fsp3) is 0.0476. The summed E-state index contributed by atoms with van der Waals surface area (Å²) in [5.74, 6) is 0. The van der Waals surface area contributed by atoms with E-state index in [2.05, 4.69) is 20.7 Å². The smallest absolute Gasteiger partial charge is 0.221 e. The molecule has 30 heavy (non-hydrogen) atoms. The molecule has 0 radical (unpaired) electrons. The van der Waals surface area contributed by atoms with Gasteiger partial charge in [-0.15, -0.1) is 0 Å². The van der Waals surface area contributed by atoms with Crippen molar-refractivity contribution in [1.29, 1.82) is 0 Å². The summed E-state index contributed by atoms with van der Waals surface area (Å²) in [6.07, 6.45) is 0. The molecule has 0 atom stereocenters. The van der Waals surface area contributed by atoms with Crippen LogP contribution in [-0.4, -0.2) is 20.8 Å².